The molecule has 4 rings (SSSR count). The molecule has 2 aromatic carbocycles. The first-order valence-electron chi connectivity index (χ1n) is 12.2. The lowest BCUT2D eigenvalue weighted by molar-refractivity contribution is -0.129. The van der Waals surface area contributed by atoms with E-state index in [2.05, 4.69) is 15.5 Å². The van der Waals surface area contributed by atoms with Gasteiger partial charge in [-0.2, -0.15) is 0 Å². The molecule has 0 aliphatic carbocycles. The zero-order valence-corrected chi connectivity index (χ0v) is 20.3. The first-order chi connectivity index (χ1) is 16.9. The number of hydrogen-bond donors (Lipinski definition) is 2. The number of ether oxygens (including phenoxy) is 2. The van der Waals surface area contributed by atoms with Crippen molar-refractivity contribution in [2.45, 2.75) is 51.7 Å². The van der Waals surface area contributed by atoms with Gasteiger partial charge < -0.3 is 20.1 Å². The van der Waals surface area contributed by atoms with Crippen molar-refractivity contribution in [3.8, 4) is 11.5 Å². The second-order valence-electron chi connectivity index (χ2n) is 9.59. The van der Waals surface area contributed by atoms with Crippen molar-refractivity contribution in [1.82, 2.24) is 15.5 Å². The Bertz CT molecular complexity index is 1060. The molecule has 1 saturated heterocycles. The highest BCUT2D eigenvalue weighted by Gasteiger charge is 2.30. The summed E-state index contributed by atoms with van der Waals surface area (Å²) in [4.78, 5) is 41.2. The minimum absolute atomic E-state index is 0.00262. The van der Waals surface area contributed by atoms with Gasteiger partial charge in [0.2, 0.25) is 12.7 Å². The predicted octanol–water partition coefficient (Wildman–Crippen LogP) is 2.91. The number of benzene rings is 2. The van der Waals surface area contributed by atoms with Crippen LogP contribution in [0.1, 0.15) is 49.0 Å². The van der Waals surface area contributed by atoms with Crippen LogP contribution in [-0.4, -0.2) is 54.5 Å². The minimum Gasteiger partial charge on any atom is -0.454 e. The molecule has 2 aliphatic heterocycles. The molecule has 35 heavy (non-hydrogen) atoms. The van der Waals surface area contributed by atoms with E-state index in [-0.39, 0.29) is 36.9 Å². The summed E-state index contributed by atoms with van der Waals surface area (Å²) in [5.74, 6) is 0.567. The molecule has 8 heteroatoms. The smallest absolute Gasteiger partial charge is 0.252 e. The van der Waals surface area contributed by atoms with Crippen LogP contribution in [-0.2, 0) is 16.1 Å². The van der Waals surface area contributed by atoms with E-state index in [1.165, 1.54) is 0 Å². The summed E-state index contributed by atoms with van der Waals surface area (Å²) < 4.78 is 10.7. The van der Waals surface area contributed by atoms with Crippen LogP contribution >= 0.6 is 0 Å². The number of amides is 2. The van der Waals surface area contributed by atoms with Gasteiger partial charge in [-0.15, -0.1) is 0 Å². The molecule has 2 amide bonds. The van der Waals surface area contributed by atoms with Crippen molar-refractivity contribution < 1.29 is 23.9 Å². The Balaban J connectivity index is 1.37. The van der Waals surface area contributed by atoms with Crippen LogP contribution in [0, 0.1) is 5.92 Å². The van der Waals surface area contributed by atoms with Crippen molar-refractivity contribution in [2.24, 2.45) is 5.92 Å². The molecule has 0 saturated carbocycles. The van der Waals surface area contributed by atoms with E-state index in [1.54, 1.807) is 18.2 Å². The van der Waals surface area contributed by atoms with Crippen LogP contribution in [0.5, 0.6) is 11.5 Å². The van der Waals surface area contributed by atoms with E-state index < -0.39 is 12.1 Å². The van der Waals surface area contributed by atoms with E-state index in [9.17, 15) is 14.4 Å². The summed E-state index contributed by atoms with van der Waals surface area (Å²) in [6, 6.07) is 13.7. The Labute approximate surface area is 206 Å². The third-order valence-corrected chi connectivity index (χ3v) is 6.26. The van der Waals surface area contributed by atoms with Gasteiger partial charge >= 0.3 is 0 Å². The Kier molecular flexibility index (Phi) is 8.02. The zero-order chi connectivity index (χ0) is 24.8. The highest BCUT2D eigenvalue weighted by molar-refractivity contribution is 5.99. The van der Waals surface area contributed by atoms with Crippen LogP contribution in [0.3, 0.4) is 0 Å². The van der Waals surface area contributed by atoms with Crippen LogP contribution in [0.2, 0.25) is 0 Å². The lowest BCUT2D eigenvalue weighted by Gasteiger charge is -2.23. The highest BCUT2D eigenvalue weighted by Crippen LogP contribution is 2.32. The number of ketones is 1. The average Bonchev–Trinajstić information content (AvgIpc) is 3.24. The standard InChI is InChI=1S/C27H33N3O5/c1-18(2)13-22(29-26(32)20-10-11-24-25(14-20)35-17-34-24)27(33)28-21-9-6-12-30(16-23(21)31)15-19-7-4-3-5-8-19/h3-5,7-8,10-11,14,18,21-22H,6,9,12-13,15-17H2,1-2H3,(H,28,33)(H,29,32)/t21-,22-/m0/s1. The van der Waals surface area contributed by atoms with Crippen molar-refractivity contribution >= 4 is 17.6 Å². The number of carbonyl (C=O) groups is 3. The van der Waals surface area contributed by atoms with Crippen LogP contribution < -0.4 is 20.1 Å². The number of rotatable bonds is 8. The summed E-state index contributed by atoms with van der Waals surface area (Å²) >= 11 is 0. The van der Waals surface area contributed by atoms with Crippen LogP contribution in [0.25, 0.3) is 0 Å². The molecular formula is C27H33N3O5. The number of likely N-dealkylation sites (tertiary alicyclic amines) is 1. The molecule has 0 unspecified atom stereocenters. The van der Waals surface area contributed by atoms with Crippen molar-refractivity contribution in [2.75, 3.05) is 19.9 Å². The van der Waals surface area contributed by atoms with E-state index in [0.717, 1.165) is 18.5 Å². The summed E-state index contributed by atoms with van der Waals surface area (Å²) in [5, 5.41) is 5.77. The fourth-order valence-electron chi connectivity index (χ4n) is 4.47. The Morgan fingerprint density at radius 1 is 1.09 bits per heavy atom. The first kappa shape index (κ1) is 24.7. The van der Waals surface area contributed by atoms with Gasteiger partial charge in [0.15, 0.2) is 17.3 Å². The second-order valence-corrected chi connectivity index (χ2v) is 9.59. The van der Waals surface area contributed by atoms with E-state index in [0.29, 0.717) is 36.4 Å². The number of nitrogens with zero attached hydrogens (tertiary/aromatic N) is 1. The molecule has 0 spiro atoms. The van der Waals surface area contributed by atoms with Gasteiger partial charge in [0, 0.05) is 12.1 Å². The summed E-state index contributed by atoms with van der Waals surface area (Å²) in [6.45, 7) is 5.89. The SMILES string of the molecule is CC(C)C[C@H](NC(=O)c1ccc2c(c1)OCO2)C(=O)N[C@H]1CCCN(Cc2ccccc2)CC1=O. The van der Waals surface area contributed by atoms with Gasteiger partial charge in [0.05, 0.1) is 12.6 Å². The molecule has 8 nitrogen and oxygen atoms in total. The van der Waals surface area contributed by atoms with Crippen molar-refractivity contribution in [1.29, 1.82) is 0 Å². The van der Waals surface area contributed by atoms with Gasteiger partial charge in [0.1, 0.15) is 6.04 Å². The van der Waals surface area contributed by atoms with Gasteiger partial charge in [-0.05, 0) is 55.5 Å². The molecule has 2 N–H and O–H groups in total. The maximum Gasteiger partial charge on any atom is 0.252 e. The number of carbonyl (C=O) groups excluding carboxylic acids is 3. The molecule has 0 bridgehead atoms. The molecule has 2 aliphatic rings. The predicted molar refractivity (Wildman–Crippen MR) is 131 cm³/mol. The fourth-order valence-corrected chi connectivity index (χ4v) is 4.47. The van der Waals surface area contributed by atoms with Crippen LogP contribution in [0.4, 0.5) is 0 Å². The third kappa shape index (κ3) is 6.60. The molecule has 0 radical (unpaired) electrons. The summed E-state index contributed by atoms with van der Waals surface area (Å²) in [7, 11) is 0. The molecule has 186 valence electrons. The first-order valence-corrected chi connectivity index (χ1v) is 12.2. The Morgan fingerprint density at radius 2 is 1.86 bits per heavy atom. The lowest BCUT2D eigenvalue weighted by atomic mass is 10.0. The largest absolute Gasteiger partial charge is 0.454 e. The van der Waals surface area contributed by atoms with Gasteiger partial charge in [0.25, 0.3) is 5.91 Å². The molecule has 2 atom stereocenters. The molecule has 2 aromatic rings. The van der Waals surface area contributed by atoms with E-state index in [1.807, 2.05) is 44.2 Å². The maximum atomic E-state index is 13.2. The number of hydrogen-bond acceptors (Lipinski definition) is 6. The topological polar surface area (TPSA) is 97.0 Å². The summed E-state index contributed by atoms with van der Waals surface area (Å²) in [6.07, 6.45) is 1.85. The quantitative estimate of drug-likeness (QED) is 0.604. The average molecular weight is 480 g/mol. The monoisotopic (exact) mass is 479 g/mol. The third-order valence-electron chi connectivity index (χ3n) is 6.26. The Hall–Kier alpha value is -3.39. The molecule has 0 aromatic heterocycles. The number of fused-ring (bicyclic) bond motifs is 1. The van der Waals surface area contributed by atoms with E-state index >= 15 is 0 Å². The number of Topliss-reactive ketones (excluding diaryl/α,β-unsaturated/α-hetero) is 1. The lowest BCUT2D eigenvalue weighted by Crippen LogP contribution is -2.52. The second kappa shape index (κ2) is 11.4. The van der Waals surface area contributed by atoms with Gasteiger partial charge in [-0.25, -0.2) is 0 Å². The maximum absolute atomic E-state index is 13.2. The van der Waals surface area contributed by atoms with Crippen LogP contribution in [0.15, 0.2) is 48.5 Å². The fraction of sp³-hybridized carbons (Fsp3) is 0.444. The highest BCUT2D eigenvalue weighted by atomic mass is 16.7. The van der Waals surface area contributed by atoms with Crippen molar-refractivity contribution in [3.63, 3.8) is 0 Å². The molecule has 2 heterocycles. The van der Waals surface area contributed by atoms with Gasteiger partial charge in [-0.3, -0.25) is 19.3 Å². The zero-order valence-electron chi connectivity index (χ0n) is 20.3. The van der Waals surface area contributed by atoms with Crippen molar-refractivity contribution in [3.05, 3.63) is 59.7 Å². The minimum atomic E-state index is -0.746. The number of nitrogens with one attached hydrogen (secondary N) is 2. The Morgan fingerprint density at radius 3 is 2.63 bits per heavy atom. The van der Waals surface area contributed by atoms with E-state index in [4.69, 9.17) is 9.47 Å². The molecular weight excluding hydrogens is 446 g/mol. The molecule has 1 fully saturated rings. The normalized spacial score (nSPS) is 18.7. The van der Waals surface area contributed by atoms with Gasteiger partial charge in [-0.1, -0.05) is 44.2 Å². The summed E-state index contributed by atoms with van der Waals surface area (Å²) in [5.41, 5.74) is 1.55.